The molecule has 0 aromatic heterocycles. The molecule has 0 saturated heterocycles. The van der Waals surface area contributed by atoms with Crippen molar-refractivity contribution in [3.63, 3.8) is 0 Å². The Morgan fingerprint density at radius 3 is 2.64 bits per heavy atom. The number of carbonyl (C=O) groups is 1. The molecule has 0 aliphatic rings. The summed E-state index contributed by atoms with van der Waals surface area (Å²) in [5, 5.41) is 0. The van der Waals surface area contributed by atoms with Gasteiger partial charge in [0.25, 0.3) is 0 Å². The number of ketones is 1. The smallest absolute Gasteiger partial charge is 0.176 e. The zero-order chi connectivity index (χ0) is 8.69. The molecule has 2 N–H and O–H groups in total. The van der Waals surface area contributed by atoms with Gasteiger partial charge in [-0.1, -0.05) is 30.9 Å². The molecule has 0 radical (unpaired) electrons. The van der Waals surface area contributed by atoms with E-state index in [1.54, 1.807) is 31.2 Å². The van der Waals surface area contributed by atoms with Crippen LogP contribution in [0.5, 0.6) is 0 Å². The third kappa shape index (κ3) is 3.53. The van der Waals surface area contributed by atoms with Gasteiger partial charge in [0.15, 0.2) is 5.78 Å². The van der Waals surface area contributed by atoms with Gasteiger partial charge < -0.3 is 5.73 Å². The Kier molecular flexibility index (Phi) is 5.03. The van der Waals surface area contributed by atoms with E-state index < -0.39 is 0 Å². The van der Waals surface area contributed by atoms with Gasteiger partial charge in [-0.25, -0.2) is 0 Å². The molecular formula is C9H13NO. The van der Waals surface area contributed by atoms with Gasteiger partial charge in [-0.15, -0.1) is 0 Å². The molecular weight excluding hydrogens is 138 g/mol. The predicted molar refractivity (Wildman–Crippen MR) is 47.2 cm³/mol. The van der Waals surface area contributed by atoms with E-state index in [1.165, 1.54) is 0 Å². The molecule has 0 bridgehead atoms. The van der Waals surface area contributed by atoms with Crippen LogP contribution in [0.2, 0.25) is 0 Å². The molecule has 11 heavy (non-hydrogen) atoms. The summed E-state index contributed by atoms with van der Waals surface area (Å²) >= 11 is 0. The summed E-state index contributed by atoms with van der Waals surface area (Å²) in [6, 6.07) is 0. The quantitative estimate of drug-likeness (QED) is 0.484. The maximum Gasteiger partial charge on any atom is 0.176 e. The van der Waals surface area contributed by atoms with Gasteiger partial charge >= 0.3 is 0 Å². The van der Waals surface area contributed by atoms with E-state index in [-0.39, 0.29) is 12.3 Å². The lowest BCUT2D eigenvalue weighted by Gasteiger charge is -1.94. The van der Waals surface area contributed by atoms with E-state index in [9.17, 15) is 4.79 Å². The zero-order valence-electron chi connectivity index (χ0n) is 6.71. The number of rotatable bonds is 4. The molecule has 0 aromatic rings. The van der Waals surface area contributed by atoms with Crippen LogP contribution >= 0.6 is 0 Å². The van der Waals surface area contributed by atoms with Crippen LogP contribution in [0.3, 0.4) is 0 Å². The molecule has 0 saturated carbocycles. The number of hydrogen-bond donors (Lipinski definition) is 1. The van der Waals surface area contributed by atoms with Gasteiger partial charge in [-0.2, -0.15) is 0 Å². The first kappa shape index (κ1) is 9.85. The minimum absolute atomic E-state index is 0.0504. The average molecular weight is 151 g/mol. The second kappa shape index (κ2) is 5.62. The molecule has 0 rings (SSSR count). The number of hydrogen-bond acceptors (Lipinski definition) is 2. The van der Waals surface area contributed by atoms with Crippen molar-refractivity contribution in [2.24, 2.45) is 5.73 Å². The second-order valence-corrected chi connectivity index (χ2v) is 1.97. The molecule has 0 fully saturated rings. The van der Waals surface area contributed by atoms with Crippen LogP contribution in [0.15, 0.2) is 36.5 Å². The van der Waals surface area contributed by atoms with Gasteiger partial charge in [0, 0.05) is 5.57 Å². The highest BCUT2D eigenvalue weighted by molar-refractivity contribution is 5.99. The summed E-state index contributed by atoms with van der Waals surface area (Å²) < 4.78 is 0. The van der Waals surface area contributed by atoms with E-state index in [4.69, 9.17) is 5.73 Å². The van der Waals surface area contributed by atoms with Crippen LogP contribution in [0.4, 0.5) is 0 Å². The second-order valence-electron chi connectivity index (χ2n) is 1.97. The van der Waals surface area contributed by atoms with Crippen molar-refractivity contribution in [1.29, 1.82) is 0 Å². The molecule has 0 aromatic carbocycles. The first-order valence-electron chi connectivity index (χ1n) is 3.45. The first-order valence-corrected chi connectivity index (χ1v) is 3.45. The Bertz CT molecular complexity index is 202. The molecule has 0 amide bonds. The summed E-state index contributed by atoms with van der Waals surface area (Å²) in [4.78, 5) is 11.0. The van der Waals surface area contributed by atoms with Crippen molar-refractivity contribution >= 4 is 5.78 Å². The molecule has 0 unspecified atom stereocenters. The predicted octanol–water partition coefficient (Wildman–Crippen LogP) is 1.20. The summed E-state index contributed by atoms with van der Waals surface area (Å²) in [7, 11) is 0. The third-order valence-corrected chi connectivity index (χ3v) is 1.23. The highest BCUT2D eigenvalue weighted by atomic mass is 16.1. The van der Waals surface area contributed by atoms with Gasteiger partial charge in [0.2, 0.25) is 0 Å². The van der Waals surface area contributed by atoms with Gasteiger partial charge in [-0.05, 0) is 6.92 Å². The van der Waals surface area contributed by atoms with Crippen molar-refractivity contribution in [2.45, 2.75) is 6.92 Å². The van der Waals surface area contributed by atoms with E-state index in [1.807, 2.05) is 0 Å². The molecule has 2 nitrogen and oxygen atoms in total. The number of Topliss-reactive ketones (excluding diaryl/α,β-unsaturated/α-hetero) is 1. The molecule has 0 atom stereocenters. The van der Waals surface area contributed by atoms with Crippen molar-refractivity contribution < 1.29 is 4.79 Å². The van der Waals surface area contributed by atoms with Crippen molar-refractivity contribution in [2.75, 3.05) is 6.54 Å². The van der Waals surface area contributed by atoms with Crippen LogP contribution in [0, 0.1) is 0 Å². The Morgan fingerprint density at radius 1 is 1.64 bits per heavy atom. The summed E-state index contributed by atoms with van der Waals surface area (Å²) in [6.07, 6.45) is 6.76. The van der Waals surface area contributed by atoms with Crippen molar-refractivity contribution in [1.82, 2.24) is 0 Å². The Balaban J connectivity index is 4.31. The van der Waals surface area contributed by atoms with E-state index in [0.29, 0.717) is 5.57 Å². The molecule has 2 heteroatoms. The van der Waals surface area contributed by atoms with Crippen LogP contribution in [-0.2, 0) is 4.79 Å². The lowest BCUT2D eigenvalue weighted by Crippen LogP contribution is -2.14. The Hall–Kier alpha value is -1.15. The third-order valence-electron chi connectivity index (χ3n) is 1.23. The maximum atomic E-state index is 11.0. The SMILES string of the molecule is C=C/C=C\C(=C/C)C(=O)CN. The number of carbonyl (C=O) groups excluding carboxylic acids is 1. The maximum absolute atomic E-state index is 11.0. The van der Waals surface area contributed by atoms with Crippen LogP contribution in [0.25, 0.3) is 0 Å². The minimum Gasteiger partial charge on any atom is -0.324 e. The Morgan fingerprint density at radius 2 is 2.27 bits per heavy atom. The highest BCUT2D eigenvalue weighted by Gasteiger charge is 2.00. The Labute approximate surface area is 67.1 Å². The fourth-order valence-electron chi connectivity index (χ4n) is 0.640. The molecule has 0 heterocycles. The van der Waals surface area contributed by atoms with E-state index in [2.05, 4.69) is 6.58 Å². The van der Waals surface area contributed by atoms with Crippen LogP contribution in [-0.4, -0.2) is 12.3 Å². The summed E-state index contributed by atoms with van der Waals surface area (Å²) in [6.45, 7) is 5.35. The largest absolute Gasteiger partial charge is 0.324 e. The van der Waals surface area contributed by atoms with Crippen molar-refractivity contribution in [3.05, 3.63) is 36.5 Å². The zero-order valence-corrected chi connectivity index (χ0v) is 6.71. The molecule has 0 aliphatic heterocycles. The van der Waals surface area contributed by atoms with Crippen molar-refractivity contribution in [3.8, 4) is 0 Å². The van der Waals surface area contributed by atoms with Crippen LogP contribution in [0.1, 0.15) is 6.92 Å². The molecule has 0 aliphatic carbocycles. The van der Waals surface area contributed by atoms with E-state index >= 15 is 0 Å². The molecule has 0 spiro atoms. The van der Waals surface area contributed by atoms with Gasteiger partial charge in [0.1, 0.15) is 0 Å². The lowest BCUT2D eigenvalue weighted by molar-refractivity contribution is -0.114. The lowest BCUT2D eigenvalue weighted by atomic mass is 10.1. The topological polar surface area (TPSA) is 43.1 Å². The summed E-state index contributed by atoms with van der Waals surface area (Å²) in [5.41, 5.74) is 5.80. The molecule has 60 valence electrons. The summed E-state index contributed by atoms with van der Waals surface area (Å²) in [5.74, 6) is -0.0504. The highest BCUT2D eigenvalue weighted by Crippen LogP contribution is 1.97. The fraction of sp³-hybridized carbons (Fsp3) is 0.222. The number of nitrogens with two attached hydrogens (primary N) is 1. The first-order chi connectivity index (χ1) is 5.26. The van der Waals surface area contributed by atoms with Gasteiger partial charge in [0.05, 0.1) is 6.54 Å². The average Bonchev–Trinajstić information content (AvgIpc) is 2.05. The van der Waals surface area contributed by atoms with Gasteiger partial charge in [-0.3, -0.25) is 4.79 Å². The number of allylic oxidation sites excluding steroid dienone is 4. The standard InChI is InChI=1S/C9H13NO/c1-3-5-6-8(4-2)9(11)7-10/h3-6H,1,7,10H2,2H3/b6-5-,8-4+. The monoisotopic (exact) mass is 151 g/mol. The van der Waals surface area contributed by atoms with Crippen LogP contribution < -0.4 is 5.73 Å². The van der Waals surface area contributed by atoms with E-state index in [0.717, 1.165) is 0 Å². The normalized spacial score (nSPS) is 12.0. The minimum atomic E-state index is -0.0504. The fourth-order valence-corrected chi connectivity index (χ4v) is 0.640.